The highest BCUT2D eigenvalue weighted by atomic mass is 16.4. The first-order chi connectivity index (χ1) is 7.58. The number of aliphatic hydroxyl groups is 1. The van der Waals surface area contributed by atoms with Gasteiger partial charge in [-0.25, -0.2) is 0 Å². The molecule has 1 rings (SSSR count). The third-order valence-corrected chi connectivity index (χ3v) is 3.98. The van der Waals surface area contributed by atoms with Crippen LogP contribution in [-0.4, -0.2) is 21.8 Å². The molecule has 94 valence electrons. The van der Waals surface area contributed by atoms with Crippen LogP contribution in [-0.2, 0) is 4.79 Å². The van der Waals surface area contributed by atoms with Gasteiger partial charge in [-0.05, 0) is 38.0 Å². The molecule has 3 heteroatoms. The van der Waals surface area contributed by atoms with Gasteiger partial charge in [0.2, 0.25) is 0 Å². The Kier molecular flexibility index (Phi) is 5.26. The van der Waals surface area contributed by atoms with Crippen molar-refractivity contribution in [3.8, 4) is 0 Å². The monoisotopic (exact) mass is 228 g/mol. The molecule has 2 N–H and O–H groups in total. The fraction of sp³-hybridized carbons (Fsp3) is 0.923. The smallest absolute Gasteiger partial charge is 0.303 e. The molecule has 3 nitrogen and oxygen atoms in total. The van der Waals surface area contributed by atoms with Crippen molar-refractivity contribution in [2.45, 2.75) is 70.3 Å². The molecule has 1 aliphatic rings. The number of carboxylic acids is 1. The van der Waals surface area contributed by atoms with Crippen molar-refractivity contribution in [3.63, 3.8) is 0 Å². The molecule has 0 aromatic rings. The molecule has 0 radical (unpaired) electrons. The Hall–Kier alpha value is -0.570. The first kappa shape index (κ1) is 13.5. The minimum atomic E-state index is -0.728. The van der Waals surface area contributed by atoms with E-state index in [1.807, 2.05) is 6.92 Å². The lowest BCUT2D eigenvalue weighted by atomic mass is 9.78. The van der Waals surface area contributed by atoms with E-state index < -0.39 is 11.6 Å². The predicted octanol–water partition coefficient (Wildman–Crippen LogP) is 2.96. The second-order valence-corrected chi connectivity index (χ2v) is 5.04. The van der Waals surface area contributed by atoms with E-state index in [0.717, 1.165) is 32.1 Å². The van der Waals surface area contributed by atoms with Crippen LogP contribution in [0.2, 0.25) is 0 Å². The quantitative estimate of drug-likeness (QED) is 0.711. The largest absolute Gasteiger partial charge is 0.481 e. The highest BCUT2D eigenvalue weighted by molar-refractivity contribution is 5.66. The van der Waals surface area contributed by atoms with Gasteiger partial charge in [-0.15, -0.1) is 0 Å². The summed E-state index contributed by atoms with van der Waals surface area (Å²) < 4.78 is 0. The minimum absolute atomic E-state index is 0.232. The molecule has 0 spiro atoms. The fourth-order valence-electron chi connectivity index (χ4n) is 2.85. The van der Waals surface area contributed by atoms with Crippen LogP contribution in [0.3, 0.4) is 0 Å². The van der Waals surface area contributed by atoms with Crippen molar-refractivity contribution in [1.29, 1.82) is 0 Å². The summed E-state index contributed by atoms with van der Waals surface area (Å²) >= 11 is 0. The number of carboxylic acid groups (broad SMARTS) is 1. The second-order valence-electron chi connectivity index (χ2n) is 5.04. The summed E-state index contributed by atoms with van der Waals surface area (Å²) in [6.07, 6.45) is 8.03. The number of hydrogen-bond acceptors (Lipinski definition) is 2. The molecule has 0 amide bonds. The van der Waals surface area contributed by atoms with Crippen molar-refractivity contribution in [1.82, 2.24) is 0 Å². The highest BCUT2D eigenvalue weighted by Crippen LogP contribution is 2.37. The molecule has 0 heterocycles. The average Bonchev–Trinajstić information content (AvgIpc) is 2.42. The molecular weight excluding hydrogens is 204 g/mol. The molecule has 0 saturated heterocycles. The van der Waals surface area contributed by atoms with Crippen LogP contribution in [0.25, 0.3) is 0 Å². The Morgan fingerprint density at radius 2 is 2.12 bits per heavy atom. The zero-order valence-electron chi connectivity index (χ0n) is 10.2. The Morgan fingerprint density at radius 1 is 1.38 bits per heavy atom. The van der Waals surface area contributed by atoms with E-state index in [9.17, 15) is 9.90 Å². The molecule has 0 aromatic carbocycles. The van der Waals surface area contributed by atoms with E-state index in [0.29, 0.717) is 12.3 Å². The zero-order valence-corrected chi connectivity index (χ0v) is 10.2. The van der Waals surface area contributed by atoms with Crippen LogP contribution in [0, 0.1) is 5.92 Å². The summed E-state index contributed by atoms with van der Waals surface area (Å²) in [6, 6.07) is 0. The van der Waals surface area contributed by atoms with Crippen LogP contribution >= 0.6 is 0 Å². The molecule has 1 saturated carbocycles. The van der Waals surface area contributed by atoms with Crippen molar-refractivity contribution in [2.24, 2.45) is 5.92 Å². The topological polar surface area (TPSA) is 57.5 Å². The van der Waals surface area contributed by atoms with Crippen LogP contribution in [0.5, 0.6) is 0 Å². The zero-order chi connectivity index (χ0) is 12.0. The Morgan fingerprint density at radius 3 is 2.75 bits per heavy atom. The molecule has 16 heavy (non-hydrogen) atoms. The average molecular weight is 228 g/mol. The molecule has 0 bridgehead atoms. The van der Waals surface area contributed by atoms with E-state index in [2.05, 4.69) is 0 Å². The normalized spacial score (nSPS) is 31.0. The standard InChI is InChI=1S/C13H24O3/c1-2-13(16)10-5-3-4-7-11(13)8-6-9-12(14)15/h11,16H,2-10H2,1H3,(H,14,15)/t11-,13-/m1/s1. The molecule has 1 aliphatic carbocycles. The maximum Gasteiger partial charge on any atom is 0.303 e. The van der Waals surface area contributed by atoms with Gasteiger partial charge in [-0.1, -0.05) is 26.2 Å². The molecule has 0 unspecified atom stereocenters. The van der Waals surface area contributed by atoms with Crippen molar-refractivity contribution in [2.75, 3.05) is 0 Å². The van der Waals surface area contributed by atoms with E-state index >= 15 is 0 Å². The lowest BCUT2D eigenvalue weighted by Gasteiger charge is -2.34. The van der Waals surface area contributed by atoms with Crippen molar-refractivity contribution in [3.05, 3.63) is 0 Å². The van der Waals surface area contributed by atoms with Gasteiger partial charge in [0, 0.05) is 6.42 Å². The summed E-state index contributed by atoms with van der Waals surface area (Å²) in [4.78, 5) is 10.5. The van der Waals surface area contributed by atoms with Gasteiger partial charge in [0.25, 0.3) is 0 Å². The summed E-state index contributed by atoms with van der Waals surface area (Å²) in [5.41, 5.74) is -0.533. The first-order valence-corrected chi connectivity index (χ1v) is 6.52. The molecule has 0 aliphatic heterocycles. The van der Waals surface area contributed by atoms with Gasteiger partial charge in [0.1, 0.15) is 0 Å². The van der Waals surface area contributed by atoms with Gasteiger partial charge >= 0.3 is 5.97 Å². The third-order valence-electron chi connectivity index (χ3n) is 3.98. The highest BCUT2D eigenvalue weighted by Gasteiger charge is 2.35. The number of hydrogen-bond donors (Lipinski definition) is 2. The minimum Gasteiger partial charge on any atom is -0.481 e. The predicted molar refractivity (Wildman–Crippen MR) is 63.3 cm³/mol. The van der Waals surface area contributed by atoms with Crippen molar-refractivity contribution < 1.29 is 15.0 Å². The molecule has 2 atom stereocenters. The number of carbonyl (C=O) groups is 1. The van der Waals surface area contributed by atoms with Gasteiger partial charge < -0.3 is 10.2 Å². The lowest BCUT2D eigenvalue weighted by molar-refractivity contribution is -0.137. The van der Waals surface area contributed by atoms with Gasteiger partial charge in [-0.2, -0.15) is 0 Å². The lowest BCUT2D eigenvalue weighted by Crippen LogP contribution is -2.36. The van der Waals surface area contributed by atoms with Crippen LogP contribution in [0.15, 0.2) is 0 Å². The van der Waals surface area contributed by atoms with E-state index in [-0.39, 0.29) is 6.42 Å². The summed E-state index contributed by atoms with van der Waals surface area (Å²) in [5.74, 6) is -0.423. The maximum atomic E-state index is 10.5. The van der Waals surface area contributed by atoms with Gasteiger partial charge in [-0.3, -0.25) is 4.79 Å². The van der Waals surface area contributed by atoms with Crippen molar-refractivity contribution >= 4 is 5.97 Å². The van der Waals surface area contributed by atoms with Crippen LogP contribution < -0.4 is 0 Å². The van der Waals surface area contributed by atoms with Crippen LogP contribution in [0.1, 0.15) is 64.7 Å². The second kappa shape index (κ2) is 6.24. The Balaban J connectivity index is 2.48. The molecule has 0 aromatic heterocycles. The SMILES string of the molecule is CC[C@@]1(O)CCCCC[C@@H]1CCCC(=O)O. The summed E-state index contributed by atoms with van der Waals surface area (Å²) in [5, 5.41) is 19.2. The third kappa shape index (κ3) is 3.78. The summed E-state index contributed by atoms with van der Waals surface area (Å²) in [7, 11) is 0. The van der Waals surface area contributed by atoms with Gasteiger partial charge in [0.15, 0.2) is 0 Å². The van der Waals surface area contributed by atoms with Crippen LogP contribution in [0.4, 0.5) is 0 Å². The fourth-order valence-corrected chi connectivity index (χ4v) is 2.85. The molecular formula is C13H24O3. The first-order valence-electron chi connectivity index (χ1n) is 6.52. The Labute approximate surface area is 97.9 Å². The maximum absolute atomic E-state index is 10.5. The Bertz CT molecular complexity index is 227. The van der Waals surface area contributed by atoms with Gasteiger partial charge in [0.05, 0.1) is 5.60 Å². The number of aliphatic carboxylic acids is 1. The molecule has 1 fully saturated rings. The summed E-state index contributed by atoms with van der Waals surface area (Å²) in [6.45, 7) is 2.04. The van der Waals surface area contributed by atoms with E-state index in [4.69, 9.17) is 5.11 Å². The number of rotatable bonds is 5. The van der Waals surface area contributed by atoms with E-state index in [1.54, 1.807) is 0 Å². The van der Waals surface area contributed by atoms with E-state index in [1.165, 1.54) is 12.8 Å².